The van der Waals surface area contributed by atoms with Gasteiger partial charge in [-0.2, -0.15) is 4.31 Å². The van der Waals surface area contributed by atoms with E-state index in [0.29, 0.717) is 25.2 Å². The Balaban J connectivity index is 1.94. The Hall–Kier alpha value is -2.38. The largest absolute Gasteiger partial charge is 0.371 e. The van der Waals surface area contributed by atoms with E-state index in [1.54, 1.807) is 12.1 Å². The molecule has 0 radical (unpaired) electrons. The van der Waals surface area contributed by atoms with Crippen LogP contribution in [0.15, 0.2) is 53.4 Å². The molecule has 7 heteroatoms. The number of nitrogens with one attached hydrogen (secondary N) is 1. The maximum absolute atomic E-state index is 13.1. The Labute approximate surface area is 179 Å². The highest BCUT2D eigenvalue weighted by atomic mass is 32.2. The van der Waals surface area contributed by atoms with Gasteiger partial charge in [0.1, 0.15) is 0 Å². The van der Waals surface area contributed by atoms with Gasteiger partial charge in [-0.15, -0.1) is 0 Å². The minimum atomic E-state index is -3.64. The minimum Gasteiger partial charge on any atom is -0.371 e. The Morgan fingerprint density at radius 3 is 2.30 bits per heavy atom. The fourth-order valence-corrected chi connectivity index (χ4v) is 5.34. The monoisotopic (exact) mass is 429 g/mol. The second-order valence-electron chi connectivity index (χ2n) is 7.48. The fraction of sp³-hybridized carbons (Fsp3) is 0.435. The van der Waals surface area contributed by atoms with Crippen LogP contribution >= 0.6 is 0 Å². The summed E-state index contributed by atoms with van der Waals surface area (Å²) >= 11 is 0. The summed E-state index contributed by atoms with van der Waals surface area (Å²) in [6.45, 7) is 6.56. The fourth-order valence-electron chi connectivity index (χ4n) is 3.85. The number of sulfonamides is 1. The lowest BCUT2D eigenvalue weighted by atomic mass is 10.1. The lowest BCUT2D eigenvalue weighted by Crippen LogP contribution is -2.34. The molecule has 0 atom stereocenters. The zero-order valence-electron chi connectivity index (χ0n) is 17.8. The van der Waals surface area contributed by atoms with Crippen molar-refractivity contribution in [3.8, 4) is 0 Å². The maximum atomic E-state index is 13.1. The Morgan fingerprint density at radius 2 is 1.67 bits per heavy atom. The molecule has 3 rings (SSSR count). The highest BCUT2D eigenvalue weighted by Crippen LogP contribution is 2.28. The van der Waals surface area contributed by atoms with Crippen molar-refractivity contribution in [3.05, 3.63) is 59.7 Å². The third kappa shape index (κ3) is 5.02. The Morgan fingerprint density at radius 1 is 1.00 bits per heavy atom. The molecule has 162 valence electrons. The van der Waals surface area contributed by atoms with Gasteiger partial charge in [-0.1, -0.05) is 44.2 Å². The predicted molar refractivity (Wildman–Crippen MR) is 120 cm³/mol. The van der Waals surface area contributed by atoms with Crippen molar-refractivity contribution in [1.29, 1.82) is 0 Å². The normalized spacial score (nSPS) is 14.7. The standard InChI is InChI=1S/C23H31N3O3S/c1-3-26(4-2)30(28,29)20-13-14-22(25-15-9-6-10-16-25)21(17-20)23(27)24-18-19-11-7-5-8-12-19/h5,7-8,11-14,17H,3-4,6,9-10,15-16,18H2,1-2H3,(H,24,27). The molecule has 1 amide bonds. The number of benzene rings is 2. The van der Waals surface area contributed by atoms with Crippen LogP contribution in [0.4, 0.5) is 5.69 Å². The minimum absolute atomic E-state index is 0.164. The van der Waals surface area contributed by atoms with Crippen LogP contribution in [-0.4, -0.2) is 44.8 Å². The van der Waals surface area contributed by atoms with Crippen molar-refractivity contribution >= 4 is 21.6 Å². The van der Waals surface area contributed by atoms with E-state index in [1.807, 2.05) is 44.2 Å². The second kappa shape index (κ2) is 10.1. The SMILES string of the molecule is CCN(CC)S(=O)(=O)c1ccc(N2CCCCC2)c(C(=O)NCc2ccccc2)c1. The molecule has 0 aliphatic carbocycles. The lowest BCUT2D eigenvalue weighted by Gasteiger charge is -2.31. The molecular formula is C23H31N3O3S. The summed E-state index contributed by atoms with van der Waals surface area (Å²) in [7, 11) is -3.64. The summed E-state index contributed by atoms with van der Waals surface area (Å²) in [5.41, 5.74) is 2.22. The van der Waals surface area contributed by atoms with Crippen molar-refractivity contribution in [2.24, 2.45) is 0 Å². The molecule has 2 aromatic rings. The maximum Gasteiger partial charge on any atom is 0.253 e. The number of carbonyl (C=O) groups is 1. The van der Waals surface area contributed by atoms with Gasteiger partial charge in [0.25, 0.3) is 5.91 Å². The first-order chi connectivity index (χ1) is 14.5. The van der Waals surface area contributed by atoms with Gasteiger partial charge in [-0.05, 0) is 43.0 Å². The Kier molecular flexibility index (Phi) is 7.50. The molecule has 1 heterocycles. The van der Waals surface area contributed by atoms with Gasteiger partial charge in [0, 0.05) is 38.4 Å². The van der Waals surface area contributed by atoms with E-state index in [9.17, 15) is 13.2 Å². The third-order valence-corrected chi connectivity index (χ3v) is 7.59. The molecule has 1 saturated heterocycles. The number of piperidine rings is 1. The lowest BCUT2D eigenvalue weighted by molar-refractivity contribution is 0.0951. The van der Waals surface area contributed by atoms with Crippen molar-refractivity contribution in [1.82, 2.24) is 9.62 Å². The van der Waals surface area contributed by atoms with Gasteiger partial charge >= 0.3 is 0 Å². The number of rotatable bonds is 8. The van der Waals surface area contributed by atoms with E-state index in [4.69, 9.17) is 0 Å². The van der Waals surface area contributed by atoms with Crippen LogP contribution in [0.2, 0.25) is 0 Å². The Bertz CT molecular complexity index is 951. The van der Waals surface area contributed by atoms with E-state index in [-0.39, 0.29) is 10.8 Å². The van der Waals surface area contributed by atoms with Gasteiger partial charge < -0.3 is 10.2 Å². The first-order valence-electron chi connectivity index (χ1n) is 10.7. The number of hydrogen-bond acceptors (Lipinski definition) is 4. The molecule has 0 spiro atoms. The van der Waals surface area contributed by atoms with Crippen LogP contribution in [0.1, 0.15) is 49.0 Å². The predicted octanol–water partition coefficient (Wildman–Crippen LogP) is 3.64. The van der Waals surface area contributed by atoms with Gasteiger partial charge in [-0.3, -0.25) is 4.79 Å². The summed E-state index contributed by atoms with van der Waals surface area (Å²) in [5.74, 6) is -0.254. The molecule has 1 aliphatic rings. The van der Waals surface area contributed by atoms with Crippen LogP contribution < -0.4 is 10.2 Å². The smallest absolute Gasteiger partial charge is 0.253 e. The van der Waals surface area contributed by atoms with Crippen LogP contribution in [0.3, 0.4) is 0 Å². The average Bonchev–Trinajstić information content (AvgIpc) is 2.79. The summed E-state index contributed by atoms with van der Waals surface area (Å²) in [4.78, 5) is 15.5. The number of carbonyl (C=O) groups excluding carboxylic acids is 1. The van der Waals surface area contributed by atoms with Crippen molar-refractivity contribution < 1.29 is 13.2 Å². The van der Waals surface area contributed by atoms with Gasteiger partial charge in [0.05, 0.1) is 10.5 Å². The molecule has 1 N–H and O–H groups in total. The van der Waals surface area contributed by atoms with E-state index >= 15 is 0 Å². The van der Waals surface area contributed by atoms with Crippen LogP contribution in [0.5, 0.6) is 0 Å². The first-order valence-corrected chi connectivity index (χ1v) is 12.1. The molecule has 2 aromatic carbocycles. The molecule has 1 aliphatic heterocycles. The second-order valence-corrected chi connectivity index (χ2v) is 9.42. The van der Waals surface area contributed by atoms with Crippen molar-refractivity contribution in [3.63, 3.8) is 0 Å². The highest BCUT2D eigenvalue weighted by Gasteiger charge is 2.26. The first kappa shape index (κ1) is 22.3. The van der Waals surface area contributed by atoms with Crippen LogP contribution in [0.25, 0.3) is 0 Å². The molecular weight excluding hydrogens is 398 g/mol. The molecule has 0 saturated carbocycles. The molecule has 1 fully saturated rings. The number of amides is 1. The van der Waals surface area contributed by atoms with Gasteiger partial charge in [0.2, 0.25) is 10.0 Å². The third-order valence-electron chi connectivity index (χ3n) is 5.55. The quantitative estimate of drug-likeness (QED) is 0.696. The summed E-state index contributed by atoms with van der Waals surface area (Å²) in [6, 6.07) is 14.7. The molecule has 0 aromatic heterocycles. The summed E-state index contributed by atoms with van der Waals surface area (Å²) in [6.07, 6.45) is 3.33. The van der Waals surface area contributed by atoms with Gasteiger partial charge in [-0.25, -0.2) is 8.42 Å². The number of anilines is 1. The summed E-state index contributed by atoms with van der Waals surface area (Å²) < 4.78 is 27.4. The molecule has 30 heavy (non-hydrogen) atoms. The van der Waals surface area contributed by atoms with E-state index in [1.165, 1.54) is 16.8 Å². The zero-order chi connectivity index (χ0) is 21.6. The topological polar surface area (TPSA) is 69.7 Å². The molecule has 0 bridgehead atoms. The van der Waals surface area contributed by atoms with E-state index < -0.39 is 10.0 Å². The van der Waals surface area contributed by atoms with E-state index in [2.05, 4.69) is 10.2 Å². The molecule has 6 nitrogen and oxygen atoms in total. The number of hydrogen-bond donors (Lipinski definition) is 1. The average molecular weight is 430 g/mol. The van der Waals surface area contributed by atoms with Crippen molar-refractivity contribution in [2.75, 3.05) is 31.1 Å². The number of nitrogens with zero attached hydrogens (tertiary/aromatic N) is 2. The summed E-state index contributed by atoms with van der Waals surface area (Å²) in [5, 5.41) is 2.96. The van der Waals surface area contributed by atoms with Crippen LogP contribution in [-0.2, 0) is 16.6 Å². The van der Waals surface area contributed by atoms with Gasteiger partial charge in [0.15, 0.2) is 0 Å². The zero-order valence-corrected chi connectivity index (χ0v) is 18.6. The van der Waals surface area contributed by atoms with E-state index in [0.717, 1.165) is 37.2 Å². The molecule has 0 unspecified atom stereocenters. The van der Waals surface area contributed by atoms with Crippen molar-refractivity contribution in [2.45, 2.75) is 44.6 Å². The highest BCUT2D eigenvalue weighted by molar-refractivity contribution is 7.89. The van der Waals surface area contributed by atoms with Crippen LogP contribution in [0, 0.1) is 0 Å².